The minimum atomic E-state index is 1.21. The van der Waals surface area contributed by atoms with E-state index < -0.39 is 0 Å². The first-order valence-corrected chi connectivity index (χ1v) is 11.1. The largest absolute Gasteiger partial charge is 0.308 e. The van der Waals surface area contributed by atoms with Gasteiger partial charge in [0.2, 0.25) is 0 Å². The number of thiophene rings is 1. The van der Waals surface area contributed by atoms with Crippen molar-refractivity contribution >= 4 is 58.9 Å². The lowest BCUT2D eigenvalue weighted by Crippen LogP contribution is -1.94. The minimum Gasteiger partial charge on any atom is -0.308 e. The number of rotatable bonds is 2. The lowest BCUT2D eigenvalue weighted by Gasteiger charge is -2.10. The molecule has 0 saturated heterocycles. The molecule has 30 heavy (non-hydrogen) atoms. The van der Waals surface area contributed by atoms with Gasteiger partial charge in [-0.05, 0) is 54.0 Å². The van der Waals surface area contributed by atoms with Crippen LogP contribution in [-0.2, 0) is 0 Å². The minimum absolute atomic E-state index is 1.21. The summed E-state index contributed by atoms with van der Waals surface area (Å²) in [6.07, 6.45) is 2.16. The SMILES string of the molecule is C/C=C(\C)c1ccc(-n2c3ccccc3c3sc4c5ccccc5ccc4c32)cc1. The number of benzene rings is 4. The van der Waals surface area contributed by atoms with Crippen molar-refractivity contribution in [3.63, 3.8) is 0 Å². The van der Waals surface area contributed by atoms with Crippen LogP contribution in [0.15, 0.2) is 91.0 Å². The summed E-state index contributed by atoms with van der Waals surface area (Å²) in [7, 11) is 0. The molecule has 2 aromatic heterocycles. The summed E-state index contributed by atoms with van der Waals surface area (Å²) in [6, 6.07) is 31.0. The molecule has 0 aliphatic rings. The lowest BCUT2D eigenvalue weighted by molar-refractivity contribution is 1.19. The Kier molecular flexibility index (Phi) is 3.84. The van der Waals surface area contributed by atoms with Crippen molar-refractivity contribution in [3.8, 4) is 5.69 Å². The maximum absolute atomic E-state index is 2.44. The van der Waals surface area contributed by atoms with E-state index in [-0.39, 0.29) is 0 Å². The monoisotopic (exact) mass is 403 g/mol. The molecular weight excluding hydrogens is 382 g/mol. The van der Waals surface area contributed by atoms with Gasteiger partial charge in [-0.25, -0.2) is 0 Å². The first-order valence-electron chi connectivity index (χ1n) is 10.3. The fraction of sp³-hybridized carbons (Fsp3) is 0.0714. The van der Waals surface area contributed by atoms with E-state index in [1.54, 1.807) is 0 Å². The molecule has 0 saturated carbocycles. The summed E-state index contributed by atoms with van der Waals surface area (Å²) < 4.78 is 5.18. The average molecular weight is 404 g/mol. The van der Waals surface area contributed by atoms with E-state index >= 15 is 0 Å². The zero-order chi connectivity index (χ0) is 20.2. The van der Waals surface area contributed by atoms with Crippen LogP contribution in [0.25, 0.3) is 53.2 Å². The highest BCUT2D eigenvalue weighted by Crippen LogP contribution is 2.44. The number of hydrogen-bond donors (Lipinski definition) is 0. The first-order chi connectivity index (χ1) is 14.8. The fourth-order valence-corrected chi connectivity index (χ4v) is 5.86. The second-order valence-corrected chi connectivity index (χ2v) is 8.83. The summed E-state index contributed by atoms with van der Waals surface area (Å²) in [6.45, 7) is 4.25. The predicted molar refractivity (Wildman–Crippen MR) is 133 cm³/mol. The van der Waals surface area contributed by atoms with Crippen molar-refractivity contribution in [2.24, 2.45) is 0 Å². The fourth-order valence-electron chi connectivity index (χ4n) is 4.51. The van der Waals surface area contributed by atoms with Gasteiger partial charge in [0.05, 0.1) is 15.7 Å². The Morgan fingerprint density at radius 3 is 2.27 bits per heavy atom. The molecule has 0 amide bonds. The second-order valence-electron chi connectivity index (χ2n) is 7.81. The van der Waals surface area contributed by atoms with Crippen LogP contribution in [0.1, 0.15) is 19.4 Å². The molecule has 0 N–H and O–H groups in total. The number of fused-ring (bicyclic) bond motifs is 7. The zero-order valence-corrected chi connectivity index (χ0v) is 17.8. The number of allylic oxidation sites excluding steroid dienone is 2. The van der Waals surface area contributed by atoms with E-state index in [9.17, 15) is 0 Å². The van der Waals surface area contributed by atoms with Gasteiger partial charge in [0.1, 0.15) is 0 Å². The van der Waals surface area contributed by atoms with Crippen LogP contribution in [0.4, 0.5) is 0 Å². The molecule has 6 aromatic rings. The summed E-state index contributed by atoms with van der Waals surface area (Å²) >= 11 is 1.92. The summed E-state index contributed by atoms with van der Waals surface area (Å²) in [4.78, 5) is 0. The van der Waals surface area contributed by atoms with Gasteiger partial charge in [-0.15, -0.1) is 11.3 Å². The Balaban J connectivity index is 1.74. The molecule has 1 nitrogen and oxygen atoms in total. The van der Waals surface area contributed by atoms with Crippen LogP contribution >= 0.6 is 11.3 Å². The average Bonchev–Trinajstić information content (AvgIpc) is 3.34. The molecule has 0 unspecified atom stereocenters. The van der Waals surface area contributed by atoms with Crippen molar-refractivity contribution in [3.05, 3.63) is 96.6 Å². The molecule has 0 aliphatic carbocycles. The molecule has 0 fully saturated rings. The molecule has 4 aromatic carbocycles. The van der Waals surface area contributed by atoms with Gasteiger partial charge < -0.3 is 4.57 Å². The molecule has 0 bridgehead atoms. The van der Waals surface area contributed by atoms with Crippen LogP contribution in [0, 0.1) is 0 Å². The highest BCUT2D eigenvalue weighted by molar-refractivity contribution is 7.27. The van der Waals surface area contributed by atoms with E-state index in [0.717, 1.165) is 0 Å². The van der Waals surface area contributed by atoms with E-state index in [4.69, 9.17) is 0 Å². The summed E-state index contributed by atoms with van der Waals surface area (Å²) in [5, 5.41) is 5.30. The van der Waals surface area contributed by atoms with Crippen molar-refractivity contribution in [2.45, 2.75) is 13.8 Å². The van der Waals surface area contributed by atoms with Crippen LogP contribution in [0.5, 0.6) is 0 Å². The van der Waals surface area contributed by atoms with Crippen molar-refractivity contribution in [1.29, 1.82) is 0 Å². The zero-order valence-electron chi connectivity index (χ0n) is 17.0. The van der Waals surface area contributed by atoms with Gasteiger partial charge >= 0.3 is 0 Å². The van der Waals surface area contributed by atoms with Gasteiger partial charge in [-0.1, -0.05) is 72.8 Å². The standard InChI is InChI=1S/C28H21NS/c1-3-18(2)19-12-15-21(16-13-19)29-25-11-7-6-10-23(25)28-26(29)24-17-14-20-8-4-5-9-22(20)27(24)30-28/h3-17H,1-2H3/b18-3+. The predicted octanol–water partition coefficient (Wildman–Crippen LogP) is 8.57. The van der Waals surface area contributed by atoms with Crippen LogP contribution in [0.3, 0.4) is 0 Å². The Morgan fingerprint density at radius 2 is 1.47 bits per heavy atom. The maximum atomic E-state index is 2.44. The van der Waals surface area contributed by atoms with Gasteiger partial charge in [0.25, 0.3) is 0 Å². The van der Waals surface area contributed by atoms with Gasteiger partial charge in [-0.2, -0.15) is 0 Å². The Morgan fingerprint density at radius 1 is 0.733 bits per heavy atom. The summed E-state index contributed by atoms with van der Waals surface area (Å²) in [5.41, 5.74) is 6.37. The highest BCUT2D eigenvalue weighted by Gasteiger charge is 2.18. The Bertz CT molecular complexity index is 1590. The molecule has 0 spiro atoms. The highest BCUT2D eigenvalue weighted by atomic mass is 32.1. The third kappa shape index (κ3) is 2.41. The van der Waals surface area contributed by atoms with Gasteiger partial charge in [0.15, 0.2) is 0 Å². The van der Waals surface area contributed by atoms with Crippen LogP contribution in [-0.4, -0.2) is 4.57 Å². The van der Waals surface area contributed by atoms with Crippen molar-refractivity contribution in [1.82, 2.24) is 4.57 Å². The van der Waals surface area contributed by atoms with Crippen LogP contribution < -0.4 is 0 Å². The third-order valence-electron chi connectivity index (χ3n) is 6.18. The van der Waals surface area contributed by atoms with E-state index in [2.05, 4.69) is 109 Å². The van der Waals surface area contributed by atoms with E-state index in [1.165, 1.54) is 58.8 Å². The third-order valence-corrected chi connectivity index (χ3v) is 7.44. The van der Waals surface area contributed by atoms with Gasteiger partial charge in [0, 0.05) is 21.2 Å². The van der Waals surface area contributed by atoms with E-state index in [0.29, 0.717) is 0 Å². The second kappa shape index (κ2) is 6.58. The summed E-state index contributed by atoms with van der Waals surface area (Å²) in [5.74, 6) is 0. The smallest absolute Gasteiger partial charge is 0.0727 e. The number of nitrogens with zero attached hydrogens (tertiary/aromatic N) is 1. The van der Waals surface area contributed by atoms with Crippen molar-refractivity contribution < 1.29 is 0 Å². The lowest BCUT2D eigenvalue weighted by atomic mass is 10.1. The topological polar surface area (TPSA) is 4.93 Å². The molecule has 0 radical (unpaired) electrons. The Hall–Kier alpha value is -3.36. The number of hydrogen-bond acceptors (Lipinski definition) is 1. The normalized spacial score (nSPS) is 12.5. The molecule has 0 aliphatic heterocycles. The Labute approximate surface area is 179 Å². The molecule has 0 atom stereocenters. The van der Waals surface area contributed by atoms with Crippen LogP contribution in [0.2, 0.25) is 0 Å². The maximum Gasteiger partial charge on any atom is 0.0727 e. The molecule has 6 rings (SSSR count). The molecular formula is C28H21NS. The number of para-hydroxylation sites is 1. The van der Waals surface area contributed by atoms with Crippen molar-refractivity contribution in [2.75, 3.05) is 0 Å². The molecule has 2 heteroatoms. The van der Waals surface area contributed by atoms with E-state index in [1.807, 2.05) is 11.3 Å². The first kappa shape index (κ1) is 17.5. The molecule has 144 valence electrons. The van der Waals surface area contributed by atoms with Gasteiger partial charge in [-0.3, -0.25) is 0 Å². The quantitative estimate of drug-likeness (QED) is 0.273. The molecule has 2 heterocycles. The number of aromatic nitrogens is 1.